The highest BCUT2D eigenvalue weighted by molar-refractivity contribution is 5.19. The topological polar surface area (TPSA) is 61.0 Å². The summed E-state index contributed by atoms with van der Waals surface area (Å²) in [5.41, 5.74) is 2.27. The zero-order valence-electron chi connectivity index (χ0n) is 19.7. The minimum atomic E-state index is 0.204. The maximum Gasteiger partial charge on any atom is 0.0580 e. The Morgan fingerprint density at radius 3 is 1.59 bits per heavy atom. The smallest absolute Gasteiger partial charge is 0.0580 e. The number of fused-ring (bicyclic) bond motifs is 4. The molecule has 0 aromatic carbocycles. The molecule has 4 N–H and O–H groups in total. The summed E-state index contributed by atoms with van der Waals surface area (Å²) in [6, 6.07) is 8.97. The monoisotopic (exact) mass is 437 g/mol. The Labute approximate surface area is 194 Å². The molecule has 6 atom stereocenters. The van der Waals surface area contributed by atoms with Crippen molar-refractivity contribution in [2.75, 3.05) is 13.1 Å². The Morgan fingerprint density at radius 1 is 0.719 bits per heavy atom. The summed E-state index contributed by atoms with van der Waals surface area (Å²) in [7, 11) is 0. The molecule has 176 valence electrons. The van der Waals surface area contributed by atoms with Gasteiger partial charge < -0.3 is 21.3 Å². The summed E-state index contributed by atoms with van der Waals surface area (Å²) in [5.74, 6) is 0. The highest BCUT2D eigenvalue weighted by Gasteiger charge is 2.30. The number of nitrogens with zero attached hydrogens (tertiary/aromatic N) is 1. The normalized spacial score (nSPS) is 34.2. The molecule has 1 unspecified atom stereocenters. The second-order valence-electron chi connectivity index (χ2n) is 9.88. The summed E-state index contributed by atoms with van der Waals surface area (Å²) < 4.78 is 0. The van der Waals surface area contributed by atoms with Gasteiger partial charge in [0.05, 0.1) is 23.5 Å². The highest BCUT2D eigenvalue weighted by Crippen LogP contribution is 2.27. The molecule has 5 nitrogen and oxygen atoms in total. The van der Waals surface area contributed by atoms with E-state index in [0.29, 0.717) is 24.2 Å². The van der Waals surface area contributed by atoms with Crippen LogP contribution < -0.4 is 21.3 Å². The number of hydrogen-bond acceptors (Lipinski definition) is 5. The SMILES string of the molecule is C=CC[C@@H]1N[C@@H]2CCCCC2NCCN[C@@H]2CCCC[C@H]2N[C@@H](CC=C)c2cccc1n2. The van der Waals surface area contributed by atoms with Crippen LogP contribution in [0.2, 0.25) is 0 Å². The molecule has 5 heteroatoms. The van der Waals surface area contributed by atoms with E-state index in [1.807, 2.05) is 12.2 Å². The van der Waals surface area contributed by atoms with E-state index in [2.05, 4.69) is 52.6 Å². The summed E-state index contributed by atoms with van der Waals surface area (Å²) >= 11 is 0. The van der Waals surface area contributed by atoms with Gasteiger partial charge >= 0.3 is 0 Å². The van der Waals surface area contributed by atoms with Crippen LogP contribution in [0.5, 0.6) is 0 Å². The standard InChI is InChI=1S/C27H43N5/c1-3-10-22-26-16-9-17-27(32-26)23(11-4-2)31-25-15-8-6-13-21(25)29-19-18-28-20-12-5-7-14-24(20)30-22/h3-4,9,16-17,20-25,28-31H,1-2,5-8,10-15,18-19H2/t20-,21?,22+,23+,24-,25-/m1/s1. The Morgan fingerprint density at radius 2 is 1.16 bits per heavy atom. The minimum absolute atomic E-state index is 0.204. The van der Waals surface area contributed by atoms with Gasteiger partial charge in [-0.3, -0.25) is 4.98 Å². The third-order valence-electron chi connectivity index (χ3n) is 7.61. The van der Waals surface area contributed by atoms with Crippen LogP contribution in [-0.4, -0.2) is 42.2 Å². The first-order valence-electron chi connectivity index (χ1n) is 13.0. The van der Waals surface area contributed by atoms with Crippen molar-refractivity contribution in [1.29, 1.82) is 0 Å². The van der Waals surface area contributed by atoms with Crippen molar-refractivity contribution in [3.63, 3.8) is 0 Å². The molecule has 1 aromatic heterocycles. The number of aromatic nitrogens is 1. The van der Waals surface area contributed by atoms with Crippen molar-refractivity contribution < 1.29 is 0 Å². The molecular weight excluding hydrogens is 394 g/mol. The van der Waals surface area contributed by atoms with Crippen LogP contribution >= 0.6 is 0 Å². The molecule has 3 aliphatic rings. The number of hydrogen-bond donors (Lipinski definition) is 4. The number of rotatable bonds is 4. The van der Waals surface area contributed by atoms with E-state index in [1.54, 1.807) is 0 Å². The lowest BCUT2D eigenvalue weighted by molar-refractivity contribution is 0.250. The fourth-order valence-corrected chi connectivity index (χ4v) is 5.92. The summed E-state index contributed by atoms with van der Waals surface area (Å²) in [6.07, 6.45) is 16.0. The van der Waals surface area contributed by atoms with Gasteiger partial charge in [0.1, 0.15) is 0 Å². The van der Waals surface area contributed by atoms with E-state index in [9.17, 15) is 0 Å². The molecule has 2 saturated carbocycles. The van der Waals surface area contributed by atoms with Gasteiger partial charge in [0.25, 0.3) is 0 Å². The maximum atomic E-state index is 5.20. The van der Waals surface area contributed by atoms with E-state index in [4.69, 9.17) is 4.98 Å². The van der Waals surface area contributed by atoms with E-state index in [1.165, 1.54) is 51.4 Å². The van der Waals surface area contributed by atoms with Crippen LogP contribution in [0.4, 0.5) is 0 Å². The van der Waals surface area contributed by atoms with Crippen molar-refractivity contribution in [2.24, 2.45) is 0 Å². The van der Waals surface area contributed by atoms with Crippen LogP contribution in [0.3, 0.4) is 0 Å². The lowest BCUT2D eigenvalue weighted by Gasteiger charge is -2.36. The van der Waals surface area contributed by atoms with Gasteiger partial charge in [-0.2, -0.15) is 0 Å². The quantitative estimate of drug-likeness (QED) is 0.529. The Bertz CT molecular complexity index is 677. The van der Waals surface area contributed by atoms with Crippen LogP contribution in [0.25, 0.3) is 0 Å². The number of nitrogens with one attached hydrogen (secondary N) is 4. The van der Waals surface area contributed by atoms with E-state index < -0.39 is 0 Å². The fourth-order valence-electron chi connectivity index (χ4n) is 5.92. The van der Waals surface area contributed by atoms with Crippen molar-refractivity contribution in [3.8, 4) is 0 Å². The predicted octanol–water partition coefficient (Wildman–Crippen LogP) is 4.31. The average Bonchev–Trinajstić information content (AvgIpc) is 2.83. The molecule has 2 bridgehead atoms. The Balaban J connectivity index is 1.64. The van der Waals surface area contributed by atoms with Crippen LogP contribution in [0.1, 0.15) is 87.7 Å². The van der Waals surface area contributed by atoms with Gasteiger partial charge in [-0.25, -0.2) is 0 Å². The van der Waals surface area contributed by atoms with Crippen LogP contribution in [0.15, 0.2) is 43.5 Å². The molecule has 0 saturated heterocycles. The van der Waals surface area contributed by atoms with Crippen molar-refractivity contribution in [3.05, 3.63) is 54.9 Å². The zero-order chi connectivity index (χ0) is 22.2. The van der Waals surface area contributed by atoms with Gasteiger partial charge in [0, 0.05) is 37.3 Å². The predicted molar refractivity (Wildman–Crippen MR) is 134 cm³/mol. The van der Waals surface area contributed by atoms with Crippen molar-refractivity contribution in [1.82, 2.24) is 26.3 Å². The van der Waals surface area contributed by atoms with Gasteiger partial charge in [-0.05, 0) is 50.7 Å². The van der Waals surface area contributed by atoms with E-state index >= 15 is 0 Å². The Kier molecular flexibility index (Phi) is 8.92. The van der Waals surface area contributed by atoms with Crippen LogP contribution in [-0.2, 0) is 0 Å². The first-order chi connectivity index (χ1) is 15.8. The molecule has 32 heavy (non-hydrogen) atoms. The van der Waals surface area contributed by atoms with Crippen LogP contribution in [0, 0.1) is 0 Å². The third kappa shape index (κ3) is 6.07. The molecule has 0 amide bonds. The molecule has 2 heterocycles. The van der Waals surface area contributed by atoms with Gasteiger partial charge in [0.15, 0.2) is 0 Å². The second-order valence-corrected chi connectivity index (χ2v) is 9.88. The molecule has 1 aliphatic heterocycles. The van der Waals surface area contributed by atoms with E-state index in [0.717, 1.165) is 37.3 Å². The Hall–Kier alpha value is -1.53. The fraction of sp³-hybridized carbons (Fsp3) is 0.667. The summed E-state index contributed by atoms with van der Waals surface area (Å²) in [5, 5.41) is 15.7. The number of pyridine rings is 1. The molecule has 1 aromatic rings. The molecule has 2 aliphatic carbocycles. The lowest BCUT2D eigenvalue weighted by atomic mass is 9.89. The molecule has 2 fully saturated rings. The van der Waals surface area contributed by atoms with Gasteiger partial charge in [-0.1, -0.05) is 43.9 Å². The molecule has 0 radical (unpaired) electrons. The molecule has 4 rings (SSSR count). The molecule has 0 spiro atoms. The van der Waals surface area contributed by atoms with Gasteiger partial charge in [-0.15, -0.1) is 13.2 Å². The summed E-state index contributed by atoms with van der Waals surface area (Å²) in [4.78, 5) is 5.20. The van der Waals surface area contributed by atoms with Crippen molar-refractivity contribution >= 4 is 0 Å². The van der Waals surface area contributed by atoms with Crippen molar-refractivity contribution in [2.45, 2.75) is 100 Å². The largest absolute Gasteiger partial charge is 0.311 e. The zero-order valence-corrected chi connectivity index (χ0v) is 19.7. The third-order valence-corrected chi connectivity index (χ3v) is 7.61. The average molecular weight is 438 g/mol. The first-order valence-corrected chi connectivity index (χ1v) is 13.0. The highest BCUT2D eigenvalue weighted by atomic mass is 15.1. The molecular formula is C27H43N5. The van der Waals surface area contributed by atoms with E-state index in [-0.39, 0.29) is 12.1 Å². The second kappa shape index (κ2) is 12.1. The maximum absolute atomic E-state index is 5.20. The first kappa shape index (κ1) is 23.6. The summed E-state index contributed by atoms with van der Waals surface area (Å²) in [6.45, 7) is 10.1. The lowest BCUT2D eigenvalue weighted by Crippen LogP contribution is -2.54. The van der Waals surface area contributed by atoms with Gasteiger partial charge in [0.2, 0.25) is 0 Å². The minimum Gasteiger partial charge on any atom is -0.311 e.